The van der Waals surface area contributed by atoms with Gasteiger partial charge in [-0.05, 0) is 55.7 Å². The molecular weight excluding hydrogens is 554 g/mol. The Morgan fingerprint density at radius 1 is 1.11 bits per heavy atom. The van der Waals surface area contributed by atoms with Crippen LogP contribution in [0.1, 0.15) is 44.6 Å². The zero-order valence-corrected chi connectivity index (χ0v) is 23.1. The van der Waals surface area contributed by atoms with Crippen molar-refractivity contribution in [2.24, 2.45) is 0 Å². The number of hydrogen-bond acceptors (Lipinski definition) is 4. The van der Waals surface area contributed by atoms with E-state index in [-0.39, 0.29) is 24.2 Å². The largest absolute Gasteiger partial charge is 0.352 e. The first-order chi connectivity index (χ1) is 16.5. The molecule has 0 unspecified atom stereocenters. The Bertz CT molecular complexity index is 1150. The van der Waals surface area contributed by atoms with Gasteiger partial charge in [0.1, 0.15) is 12.6 Å². The zero-order valence-electron chi connectivity index (χ0n) is 19.9. The molecule has 2 aromatic carbocycles. The third-order valence-corrected chi connectivity index (χ3v) is 8.01. The fraction of sp³-hybridized carbons (Fsp3) is 0.440. The van der Waals surface area contributed by atoms with Gasteiger partial charge in [-0.25, -0.2) is 8.42 Å². The van der Waals surface area contributed by atoms with Crippen molar-refractivity contribution in [3.63, 3.8) is 0 Å². The first-order valence-corrected chi connectivity index (χ1v) is 14.6. The predicted octanol–water partition coefficient (Wildman–Crippen LogP) is 4.73. The molecule has 190 valence electrons. The summed E-state index contributed by atoms with van der Waals surface area (Å²) < 4.78 is 27.1. The molecule has 2 aromatic rings. The fourth-order valence-electron chi connectivity index (χ4n) is 4.23. The molecule has 0 aromatic heterocycles. The third kappa shape index (κ3) is 7.95. The molecule has 10 heteroatoms. The Morgan fingerprint density at radius 2 is 1.80 bits per heavy atom. The summed E-state index contributed by atoms with van der Waals surface area (Å²) in [6.07, 6.45) is 6.20. The van der Waals surface area contributed by atoms with Crippen LogP contribution in [0.5, 0.6) is 0 Å². The molecule has 35 heavy (non-hydrogen) atoms. The maximum absolute atomic E-state index is 13.6. The topological polar surface area (TPSA) is 86.8 Å². The normalized spacial score (nSPS) is 15.3. The second-order valence-corrected chi connectivity index (χ2v) is 12.2. The second-order valence-electron chi connectivity index (χ2n) is 8.92. The summed E-state index contributed by atoms with van der Waals surface area (Å²) in [7, 11) is -3.79. The average Bonchev–Trinajstić information content (AvgIpc) is 2.80. The van der Waals surface area contributed by atoms with Crippen LogP contribution in [0.2, 0.25) is 5.02 Å². The maximum atomic E-state index is 13.6. The first kappa shape index (κ1) is 27.5. The van der Waals surface area contributed by atoms with E-state index in [4.69, 9.17) is 11.6 Å². The molecule has 0 saturated heterocycles. The average molecular weight is 585 g/mol. The Hall–Kier alpha value is -2.10. The molecule has 2 amide bonds. The van der Waals surface area contributed by atoms with Gasteiger partial charge in [-0.1, -0.05) is 65.0 Å². The highest BCUT2D eigenvalue weighted by atomic mass is 79.9. The number of benzene rings is 2. The van der Waals surface area contributed by atoms with Crippen LogP contribution < -0.4 is 9.62 Å². The van der Waals surface area contributed by atoms with Crippen molar-refractivity contribution < 1.29 is 18.0 Å². The summed E-state index contributed by atoms with van der Waals surface area (Å²) >= 11 is 9.51. The van der Waals surface area contributed by atoms with Gasteiger partial charge in [0.25, 0.3) is 0 Å². The Balaban J connectivity index is 1.87. The monoisotopic (exact) mass is 583 g/mol. The lowest BCUT2D eigenvalue weighted by molar-refractivity contribution is -0.139. The van der Waals surface area contributed by atoms with Crippen LogP contribution in [-0.2, 0) is 26.2 Å². The number of carbonyl (C=O) groups is 2. The fourth-order valence-corrected chi connectivity index (χ4v) is 5.70. The summed E-state index contributed by atoms with van der Waals surface area (Å²) in [5.41, 5.74) is 1.11. The van der Waals surface area contributed by atoms with Crippen molar-refractivity contribution in [2.45, 2.75) is 57.7 Å². The van der Waals surface area contributed by atoms with Crippen LogP contribution in [-0.4, -0.2) is 50.0 Å². The van der Waals surface area contributed by atoms with Crippen LogP contribution >= 0.6 is 27.5 Å². The standard InChI is InChI=1S/C25H31BrClN3O4S/c1-18(25(32)28-22-11-4-3-5-12-22)29(16-19-8-6-9-20(26)14-19)24(31)17-30(35(2,33)34)23-13-7-10-21(27)15-23/h6-10,13-15,18,22H,3-5,11-12,16-17H2,1-2H3,(H,28,32)/t18-/m1/s1. The van der Waals surface area contributed by atoms with E-state index in [1.807, 2.05) is 24.3 Å². The minimum atomic E-state index is -3.79. The lowest BCUT2D eigenvalue weighted by Gasteiger charge is -2.33. The molecule has 1 saturated carbocycles. The molecule has 0 aliphatic heterocycles. The van der Waals surface area contributed by atoms with Crippen molar-refractivity contribution in [3.05, 3.63) is 63.6 Å². The summed E-state index contributed by atoms with van der Waals surface area (Å²) in [5, 5.41) is 3.44. The lowest BCUT2D eigenvalue weighted by Crippen LogP contribution is -2.52. The number of halogens is 2. The third-order valence-electron chi connectivity index (χ3n) is 6.14. The lowest BCUT2D eigenvalue weighted by atomic mass is 9.95. The highest BCUT2D eigenvalue weighted by Crippen LogP contribution is 2.23. The number of sulfonamides is 1. The molecule has 1 fully saturated rings. The minimum Gasteiger partial charge on any atom is -0.352 e. The Kier molecular flexibility index (Phi) is 9.61. The van der Waals surface area contributed by atoms with Gasteiger partial charge in [0.2, 0.25) is 21.8 Å². The Labute approximate surface area is 221 Å². The molecule has 3 rings (SSSR count). The van der Waals surface area contributed by atoms with Gasteiger partial charge >= 0.3 is 0 Å². The van der Waals surface area contributed by atoms with Crippen molar-refractivity contribution in [2.75, 3.05) is 17.1 Å². The molecule has 1 aliphatic rings. The van der Waals surface area contributed by atoms with Gasteiger partial charge in [0.05, 0.1) is 11.9 Å². The molecule has 7 nitrogen and oxygen atoms in total. The molecule has 1 atom stereocenters. The molecule has 0 spiro atoms. The molecule has 0 radical (unpaired) electrons. The second kappa shape index (κ2) is 12.2. The number of hydrogen-bond donors (Lipinski definition) is 1. The van der Waals surface area contributed by atoms with Gasteiger partial charge in [0.15, 0.2) is 0 Å². The highest BCUT2D eigenvalue weighted by molar-refractivity contribution is 9.10. The quantitative estimate of drug-likeness (QED) is 0.462. The molecule has 1 N–H and O–H groups in total. The number of rotatable bonds is 9. The summed E-state index contributed by atoms with van der Waals surface area (Å²) in [4.78, 5) is 28.2. The number of anilines is 1. The van der Waals surface area contributed by atoms with E-state index in [0.29, 0.717) is 5.02 Å². The van der Waals surface area contributed by atoms with E-state index < -0.39 is 28.5 Å². The van der Waals surface area contributed by atoms with Crippen LogP contribution in [0.15, 0.2) is 53.0 Å². The van der Waals surface area contributed by atoms with Crippen molar-refractivity contribution in [1.29, 1.82) is 0 Å². The van der Waals surface area contributed by atoms with Crippen molar-refractivity contribution in [1.82, 2.24) is 10.2 Å². The zero-order chi connectivity index (χ0) is 25.6. The van der Waals surface area contributed by atoms with Gasteiger partial charge < -0.3 is 10.2 Å². The van der Waals surface area contributed by atoms with E-state index in [2.05, 4.69) is 21.2 Å². The predicted molar refractivity (Wildman–Crippen MR) is 143 cm³/mol. The van der Waals surface area contributed by atoms with E-state index in [9.17, 15) is 18.0 Å². The minimum absolute atomic E-state index is 0.0977. The Morgan fingerprint density at radius 3 is 2.43 bits per heavy atom. The number of amides is 2. The maximum Gasteiger partial charge on any atom is 0.244 e. The molecule has 0 heterocycles. The van der Waals surface area contributed by atoms with E-state index in [1.54, 1.807) is 25.1 Å². The van der Waals surface area contributed by atoms with Crippen molar-refractivity contribution >= 4 is 55.1 Å². The molecule has 1 aliphatic carbocycles. The summed E-state index contributed by atoms with van der Waals surface area (Å²) in [6.45, 7) is 1.39. The first-order valence-electron chi connectivity index (χ1n) is 11.6. The smallest absolute Gasteiger partial charge is 0.244 e. The van der Waals surface area contributed by atoms with E-state index in [0.717, 1.165) is 46.3 Å². The van der Waals surface area contributed by atoms with Crippen LogP contribution in [0.25, 0.3) is 0 Å². The van der Waals surface area contributed by atoms with Crippen molar-refractivity contribution in [3.8, 4) is 0 Å². The highest BCUT2D eigenvalue weighted by Gasteiger charge is 2.31. The number of carbonyl (C=O) groups excluding carboxylic acids is 2. The summed E-state index contributed by atoms with van der Waals surface area (Å²) in [6, 6.07) is 13.1. The summed E-state index contributed by atoms with van der Waals surface area (Å²) in [5.74, 6) is -0.726. The van der Waals surface area contributed by atoms with Crippen LogP contribution in [0.3, 0.4) is 0 Å². The molecular formula is C25H31BrClN3O4S. The van der Waals surface area contributed by atoms with Gasteiger partial charge in [-0.3, -0.25) is 13.9 Å². The SMILES string of the molecule is C[C@H](C(=O)NC1CCCCC1)N(Cc1cccc(Br)c1)C(=O)CN(c1cccc(Cl)c1)S(C)(=O)=O. The molecule has 0 bridgehead atoms. The van der Waals surface area contributed by atoms with Crippen LogP contribution in [0.4, 0.5) is 5.69 Å². The van der Waals surface area contributed by atoms with Gasteiger partial charge in [0, 0.05) is 22.1 Å². The number of nitrogens with one attached hydrogen (secondary N) is 1. The number of nitrogens with zero attached hydrogens (tertiary/aromatic N) is 2. The van der Waals surface area contributed by atoms with Crippen LogP contribution in [0, 0.1) is 0 Å². The van der Waals surface area contributed by atoms with Gasteiger partial charge in [-0.2, -0.15) is 0 Å². The van der Waals surface area contributed by atoms with E-state index in [1.165, 1.54) is 17.4 Å². The van der Waals surface area contributed by atoms with E-state index >= 15 is 0 Å². The van der Waals surface area contributed by atoms with Gasteiger partial charge in [-0.15, -0.1) is 0 Å².